The summed E-state index contributed by atoms with van der Waals surface area (Å²) in [5, 5.41) is 7.37. The third-order valence-corrected chi connectivity index (χ3v) is 8.83. The molecule has 3 heterocycles. The van der Waals surface area contributed by atoms with Crippen LogP contribution in [-0.4, -0.2) is 49.2 Å². The number of hydrogen-bond acceptors (Lipinski definition) is 9. The quantitative estimate of drug-likeness (QED) is 0.228. The van der Waals surface area contributed by atoms with Crippen LogP contribution in [0, 0.1) is 0 Å². The summed E-state index contributed by atoms with van der Waals surface area (Å²) < 4.78 is 39.4. The predicted octanol–water partition coefficient (Wildman–Crippen LogP) is 6.22. The number of nitrogens with zero attached hydrogens (tertiary/aromatic N) is 2. The average Bonchev–Trinajstić information content (AvgIpc) is 3.01. The molecule has 2 aliphatic rings. The number of amides is 3. The minimum absolute atomic E-state index is 0.0357. The standard InChI is InChI=1S/C36H41N5O7S/c1-35(2,3)47-33(43)41(34(44)48-36(4,5)6)31-29-15-14-27(21-26(29)17-18-37-31)40-30-25-12-10-23(11-13-25)16-19-39-49(45,46)28-9-7-8-24(20-28)22-38-32(30)42/h7-15,17-18,20-21,30,39-40H,16,19,22H2,1-6H3,(H,38,42). The van der Waals surface area contributed by atoms with Crippen LogP contribution in [0.25, 0.3) is 10.8 Å². The largest absolute Gasteiger partial charge is 0.443 e. The van der Waals surface area contributed by atoms with Gasteiger partial charge in [-0.15, -0.1) is 0 Å². The number of rotatable bonds is 3. The van der Waals surface area contributed by atoms with Crippen molar-refractivity contribution in [3.8, 4) is 0 Å². The molecule has 12 nitrogen and oxygen atoms in total. The minimum atomic E-state index is -3.72. The predicted molar refractivity (Wildman–Crippen MR) is 187 cm³/mol. The number of nitrogens with one attached hydrogen (secondary N) is 3. The van der Waals surface area contributed by atoms with E-state index in [1.54, 1.807) is 84.0 Å². The molecule has 0 aliphatic carbocycles. The topological polar surface area (TPSA) is 156 Å². The Kier molecular flexibility index (Phi) is 9.97. The van der Waals surface area contributed by atoms with Gasteiger partial charge < -0.3 is 20.1 Å². The van der Waals surface area contributed by atoms with Gasteiger partial charge in [0.05, 0.1) is 4.90 Å². The Balaban J connectivity index is 1.49. The number of sulfonamides is 1. The highest BCUT2D eigenvalue weighted by Crippen LogP contribution is 2.31. The van der Waals surface area contributed by atoms with Gasteiger partial charge >= 0.3 is 12.2 Å². The van der Waals surface area contributed by atoms with Crippen LogP contribution < -0.4 is 20.3 Å². The summed E-state index contributed by atoms with van der Waals surface area (Å²) in [5.74, 6) is -0.293. The number of carbonyl (C=O) groups is 3. The first-order valence-electron chi connectivity index (χ1n) is 15.9. The number of hydrogen-bond donors (Lipinski definition) is 3. The molecule has 49 heavy (non-hydrogen) atoms. The number of ether oxygens (including phenoxy) is 2. The van der Waals surface area contributed by atoms with E-state index < -0.39 is 39.5 Å². The maximum Gasteiger partial charge on any atom is 0.425 e. The number of fused-ring (bicyclic) bond motifs is 9. The lowest BCUT2D eigenvalue weighted by atomic mass is 10.0. The average molecular weight is 688 g/mol. The molecule has 3 aromatic carbocycles. The normalized spacial score (nSPS) is 16.5. The van der Waals surface area contributed by atoms with Crippen LogP contribution in [0.3, 0.4) is 0 Å². The van der Waals surface area contributed by atoms with Gasteiger partial charge in [-0.2, -0.15) is 4.90 Å². The summed E-state index contributed by atoms with van der Waals surface area (Å²) in [6.45, 7) is 10.5. The fourth-order valence-electron chi connectivity index (χ4n) is 5.16. The molecule has 6 rings (SSSR count). The molecule has 1 aromatic heterocycles. The smallest absolute Gasteiger partial charge is 0.425 e. The molecule has 1 atom stereocenters. The van der Waals surface area contributed by atoms with Crippen LogP contribution in [-0.2, 0) is 37.3 Å². The monoisotopic (exact) mass is 687 g/mol. The van der Waals surface area contributed by atoms with Crippen LogP contribution in [0.5, 0.6) is 0 Å². The molecule has 3 amide bonds. The number of pyridine rings is 1. The lowest BCUT2D eigenvalue weighted by molar-refractivity contribution is -0.122. The second-order valence-corrected chi connectivity index (χ2v) is 15.5. The molecule has 3 N–H and O–H groups in total. The van der Waals surface area contributed by atoms with Crippen LogP contribution in [0.1, 0.15) is 64.3 Å². The van der Waals surface area contributed by atoms with E-state index in [4.69, 9.17) is 9.47 Å². The number of aromatic nitrogens is 1. The van der Waals surface area contributed by atoms with Crippen molar-refractivity contribution in [3.05, 3.63) is 95.7 Å². The Hall–Kier alpha value is -5.01. The summed E-state index contributed by atoms with van der Waals surface area (Å²) in [7, 11) is -3.72. The van der Waals surface area contributed by atoms with E-state index in [1.165, 1.54) is 12.3 Å². The summed E-state index contributed by atoms with van der Waals surface area (Å²) in [4.78, 5) is 45.7. The molecular weight excluding hydrogens is 646 g/mol. The van der Waals surface area contributed by atoms with Gasteiger partial charge in [0.25, 0.3) is 0 Å². The van der Waals surface area contributed by atoms with Crippen molar-refractivity contribution in [2.75, 3.05) is 16.8 Å². The van der Waals surface area contributed by atoms with E-state index in [0.717, 1.165) is 10.5 Å². The highest BCUT2D eigenvalue weighted by Gasteiger charge is 2.34. The van der Waals surface area contributed by atoms with E-state index in [-0.39, 0.29) is 29.7 Å². The Morgan fingerprint density at radius 1 is 0.878 bits per heavy atom. The molecule has 0 radical (unpaired) electrons. The maximum atomic E-state index is 13.7. The maximum absolute atomic E-state index is 13.7. The fraction of sp³-hybridized carbons (Fsp3) is 0.333. The molecule has 4 aromatic rings. The van der Waals surface area contributed by atoms with Gasteiger partial charge in [-0.1, -0.05) is 36.4 Å². The minimum Gasteiger partial charge on any atom is -0.443 e. The first-order valence-corrected chi connectivity index (χ1v) is 17.3. The van der Waals surface area contributed by atoms with Gasteiger partial charge in [0.15, 0.2) is 5.82 Å². The van der Waals surface area contributed by atoms with Crippen molar-refractivity contribution in [1.82, 2.24) is 15.0 Å². The molecule has 0 fully saturated rings. The van der Waals surface area contributed by atoms with Gasteiger partial charge in [0.1, 0.15) is 17.2 Å². The van der Waals surface area contributed by atoms with Gasteiger partial charge in [-0.05, 0) is 106 Å². The Morgan fingerprint density at radius 3 is 2.20 bits per heavy atom. The summed E-state index contributed by atoms with van der Waals surface area (Å²) >= 11 is 0. The van der Waals surface area contributed by atoms with Crippen molar-refractivity contribution >= 4 is 50.4 Å². The van der Waals surface area contributed by atoms with E-state index in [2.05, 4.69) is 20.3 Å². The van der Waals surface area contributed by atoms with Crippen LogP contribution in [0.2, 0.25) is 0 Å². The van der Waals surface area contributed by atoms with Gasteiger partial charge in [-0.3, -0.25) is 4.79 Å². The second kappa shape index (κ2) is 13.8. The zero-order valence-electron chi connectivity index (χ0n) is 28.4. The van der Waals surface area contributed by atoms with Crippen molar-refractivity contribution < 1.29 is 32.3 Å². The van der Waals surface area contributed by atoms with Crippen LogP contribution in [0.4, 0.5) is 21.1 Å². The van der Waals surface area contributed by atoms with E-state index in [9.17, 15) is 22.8 Å². The Morgan fingerprint density at radius 2 is 1.55 bits per heavy atom. The molecule has 13 heteroatoms. The molecule has 1 unspecified atom stereocenters. The Bertz CT molecular complexity index is 1960. The first-order chi connectivity index (χ1) is 23.0. The third kappa shape index (κ3) is 8.92. The number of imide groups is 1. The van der Waals surface area contributed by atoms with Crippen molar-refractivity contribution in [2.24, 2.45) is 0 Å². The lowest BCUT2D eigenvalue weighted by Gasteiger charge is -2.28. The van der Waals surface area contributed by atoms with Crippen molar-refractivity contribution in [1.29, 1.82) is 0 Å². The zero-order chi connectivity index (χ0) is 35.6. The van der Waals surface area contributed by atoms with Crippen LogP contribution in [0.15, 0.2) is 83.9 Å². The molecular formula is C36H41N5O7S. The molecule has 0 saturated carbocycles. The zero-order valence-corrected chi connectivity index (χ0v) is 29.2. The second-order valence-electron chi connectivity index (χ2n) is 13.7. The molecule has 2 aliphatic heterocycles. The Labute approximate surface area is 286 Å². The van der Waals surface area contributed by atoms with Crippen LogP contribution >= 0.6 is 0 Å². The summed E-state index contributed by atoms with van der Waals surface area (Å²) in [6, 6.07) is 20.0. The third-order valence-electron chi connectivity index (χ3n) is 7.37. The summed E-state index contributed by atoms with van der Waals surface area (Å²) in [5.41, 5.74) is 1.04. The van der Waals surface area contributed by atoms with Gasteiger partial charge in [0.2, 0.25) is 15.9 Å². The van der Waals surface area contributed by atoms with E-state index in [0.29, 0.717) is 34.0 Å². The first kappa shape index (κ1) is 35.3. The fourth-order valence-corrected chi connectivity index (χ4v) is 6.26. The molecule has 4 bridgehead atoms. The highest BCUT2D eigenvalue weighted by atomic mass is 32.2. The summed E-state index contributed by atoms with van der Waals surface area (Å²) in [6.07, 6.45) is 0.0765. The number of carbonyl (C=O) groups excluding carboxylic acids is 3. The highest BCUT2D eigenvalue weighted by molar-refractivity contribution is 7.89. The van der Waals surface area contributed by atoms with Crippen molar-refractivity contribution in [3.63, 3.8) is 0 Å². The lowest BCUT2D eigenvalue weighted by Crippen LogP contribution is -2.44. The van der Waals surface area contributed by atoms with Gasteiger partial charge in [0, 0.05) is 30.4 Å². The number of benzene rings is 3. The molecule has 0 saturated heterocycles. The van der Waals surface area contributed by atoms with E-state index in [1.807, 2.05) is 24.3 Å². The van der Waals surface area contributed by atoms with Crippen molar-refractivity contribution in [2.45, 2.75) is 76.6 Å². The molecule has 0 spiro atoms. The number of anilines is 2. The van der Waals surface area contributed by atoms with Gasteiger partial charge in [-0.25, -0.2) is 27.7 Å². The molecule has 258 valence electrons. The SMILES string of the molecule is CC(C)(C)OC(=O)N(C(=O)OC(C)(C)C)c1nccc2cc(NC3C(=O)NCc4cccc(c4)S(=O)(=O)NCCc4ccc3cc4)ccc12. The van der Waals surface area contributed by atoms with E-state index >= 15 is 0 Å².